The molecule has 0 amide bonds. The summed E-state index contributed by atoms with van der Waals surface area (Å²) in [5, 5.41) is 8.97. The van der Waals surface area contributed by atoms with Gasteiger partial charge in [-0.3, -0.25) is 9.88 Å². The Morgan fingerprint density at radius 1 is 1.09 bits per heavy atom. The number of methoxy groups -OCH3 is 1. The topological polar surface area (TPSA) is 62.7 Å². The summed E-state index contributed by atoms with van der Waals surface area (Å²) in [5.41, 5.74) is 2.62. The summed E-state index contributed by atoms with van der Waals surface area (Å²) in [4.78, 5) is 17.3. The van der Waals surface area contributed by atoms with Crippen LogP contribution in [0.25, 0.3) is 0 Å². The molecule has 23 heavy (non-hydrogen) atoms. The van der Waals surface area contributed by atoms with Gasteiger partial charge in [-0.05, 0) is 41.8 Å². The number of benzene rings is 1. The van der Waals surface area contributed by atoms with E-state index in [4.69, 9.17) is 9.84 Å². The number of aromatic nitrogens is 1. The molecule has 0 saturated heterocycles. The van der Waals surface area contributed by atoms with Gasteiger partial charge in [0.2, 0.25) is 0 Å². The fraction of sp³-hybridized carbons (Fsp3) is 0.333. The molecule has 0 aliphatic carbocycles. The van der Waals surface area contributed by atoms with Crippen molar-refractivity contribution in [1.29, 1.82) is 0 Å². The summed E-state index contributed by atoms with van der Waals surface area (Å²) in [7, 11) is 1.71. The monoisotopic (exact) mass is 314 g/mol. The minimum atomic E-state index is -0.898. The Morgan fingerprint density at radius 2 is 1.70 bits per heavy atom. The zero-order valence-electron chi connectivity index (χ0n) is 13.3. The number of carboxylic acids is 1. The van der Waals surface area contributed by atoms with Gasteiger partial charge in [-0.1, -0.05) is 12.1 Å². The molecule has 0 bridgehead atoms. The van der Waals surface area contributed by atoms with Crippen molar-refractivity contribution < 1.29 is 14.6 Å². The van der Waals surface area contributed by atoms with Crippen LogP contribution in [0.15, 0.2) is 48.8 Å². The Morgan fingerprint density at radius 3 is 2.26 bits per heavy atom. The van der Waals surface area contributed by atoms with Crippen LogP contribution >= 0.6 is 0 Å². The molecule has 2 aromatic rings. The molecule has 0 spiro atoms. The molecule has 2 rings (SSSR count). The molecular weight excluding hydrogens is 292 g/mol. The molecule has 1 aromatic heterocycles. The highest BCUT2D eigenvalue weighted by Gasteiger charge is 2.08. The quantitative estimate of drug-likeness (QED) is 0.721. The molecule has 0 saturated carbocycles. The van der Waals surface area contributed by atoms with Gasteiger partial charge in [0.05, 0.1) is 5.56 Å². The second-order valence-corrected chi connectivity index (χ2v) is 5.41. The van der Waals surface area contributed by atoms with E-state index in [0.29, 0.717) is 5.56 Å². The lowest BCUT2D eigenvalue weighted by Crippen LogP contribution is -2.25. The van der Waals surface area contributed by atoms with Crippen LogP contribution in [0.1, 0.15) is 27.9 Å². The first-order valence-corrected chi connectivity index (χ1v) is 7.61. The van der Waals surface area contributed by atoms with Crippen molar-refractivity contribution in [1.82, 2.24) is 9.88 Å². The van der Waals surface area contributed by atoms with Crippen LogP contribution in [0.3, 0.4) is 0 Å². The minimum Gasteiger partial charge on any atom is -0.478 e. The molecule has 0 fully saturated rings. The Hall–Kier alpha value is -2.24. The van der Waals surface area contributed by atoms with Gasteiger partial charge < -0.3 is 9.84 Å². The number of nitrogens with zero attached hydrogens (tertiary/aromatic N) is 2. The summed E-state index contributed by atoms with van der Waals surface area (Å²) in [6, 6.07) is 11.1. The van der Waals surface area contributed by atoms with Crippen molar-refractivity contribution in [3.8, 4) is 0 Å². The maximum Gasteiger partial charge on any atom is 0.335 e. The van der Waals surface area contributed by atoms with Crippen LogP contribution in [-0.4, -0.2) is 41.2 Å². The largest absolute Gasteiger partial charge is 0.478 e. The summed E-state index contributed by atoms with van der Waals surface area (Å²) in [6.45, 7) is 3.24. The first-order chi connectivity index (χ1) is 11.2. The molecule has 0 radical (unpaired) electrons. The predicted octanol–water partition coefficient (Wildman–Crippen LogP) is 2.82. The van der Waals surface area contributed by atoms with E-state index in [9.17, 15) is 4.79 Å². The molecule has 5 nitrogen and oxygen atoms in total. The number of pyridine rings is 1. The van der Waals surface area contributed by atoms with Crippen LogP contribution in [0.5, 0.6) is 0 Å². The van der Waals surface area contributed by atoms with E-state index >= 15 is 0 Å². The van der Waals surface area contributed by atoms with E-state index in [1.807, 2.05) is 24.3 Å². The summed E-state index contributed by atoms with van der Waals surface area (Å²) in [5.74, 6) is -0.898. The highest BCUT2D eigenvalue weighted by molar-refractivity contribution is 5.87. The number of carbonyl (C=O) groups is 1. The van der Waals surface area contributed by atoms with Gasteiger partial charge in [-0.2, -0.15) is 0 Å². The van der Waals surface area contributed by atoms with E-state index in [1.165, 1.54) is 5.56 Å². The standard InChI is InChI=1S/C18H22N2O3/c1-23-12-2-11-20(14-16-7-9-19-10-8-16)13-15-3-5-17(6-4-15)18(21)22/h3-10H,2,11-14H2,1H3,(H,21,22). The van der Waals surface area contributed by atoms with Crippen molar-refractivity contribution in [3.05, 3.63) is 65.5 Å². The Kier molecular flexibility index (Phi) is 6.72. The van der Waals surface area contributed by atoms with Gasteiger partial charge >= 0.3 is 5.97 Å². The fourth-order valence-electron chi connectivity index (χ4n) is 2.40. The fourth-order valence-corrected chi connectivity index (χ4v) is 2.40. The predicted molar refractivity (Wildman–Crippen MR) is 88.2 cm³/mol. The molecule has 1 aromatic carbocycles. The maximum absolute atomic E-state index is 10.9. The Balaban J connectivity index is 2.02. The minimum absolute atomic E-state index is 0.314. The third-order valence-corrected chi connectivity index (χ3v) is 3.59. The average molecular weight is 314 g/mol. The van der Waals surface area contributed by atoms with Crippen molar-refractivity contribution >= 4 is 5.97 Å². The number of hydrogen-bond donors (Lipinski definition) is 1. The van der Waals surface area contributed by atoms with E-state index < -0.39 is 5.97 Å². The molecule has 1 N–H and O–H groups in total. The van der Waals surface area contributed by atoms with Crippen molar-refractivity contribution in [2.75, 3.05) is 20.3 Å². The van der Waals surface area contributed by atoms with Crippen LogP contribution in [-0.2, 0) is 17.8 Å². The van der Waals surface area contributed by atoms with Gasteiger partial charge in [0.1, 0.15) is 0 Å². The highest BCUT2D eigenvalue weighted by atomic mass is 16.5. The van der Waals surface area contributed by atoms with Crippen LogP contribution in [0, 0.1) is 0 Å². The van der Waals surface area contributed by atoms with Crippen LogP contribution < -0.4 is 0 Å². The molecule has 0 atom stereocenters. The van der Waals surface area contributed by atoms with Gasteiger partial charge in [-0.25, -0.2) is 4.79 Å². The summed E-state index contributed by atoms with van der Waals surface area (Å²) in [6.07, 6.45) is 4.55. The highest BCUT2D eigenvalue weighted by Crippen LogP contribution is 2.11. The normalized spacial score (nSPS) is 10.9. The second kappa shape index (κ2) is 9.02. The van der Waals surface area contributed by atoms with E-state index in [-0.39, 0.29) is 0 Å². The van der Waals surface area contributed by atoms with E-state index in [2.05, 4.69) is 9.88 Å². The van der Waals surface area contributed by atoms with Gasteiger partial charge in [0.15, 0.2) is 0 Å². The lowest BCUT2D eigenvalue weighted by atomic mass is 10.1. The molecular formula is C18H22N2O3. The van der Waals surface area contributed by atoms with E-state index in [1.54, 1.807) is 31.6 Å². The third kappa shape index (κ3) is 5.81. The molecule has 0 aliphatic heterocycles. The molecule has 0 aliphatic rings. The van der Waals surface area contributed by atoms with Gasteiger partial charge in [0, 0.05) is 45.7 Å². The first kappa shape index (κ1) is 17.1. The van der Waals surface area contributed by atoms with Gasteiger partial charge in [-0.15, -0.1) is 0 Å². The van der Waals surface area contributed by atoms with Crippen molar-refractivity contribution in [3.63, 3.8) is 0 Å². The average Bonchev–Trinajstić information content (AvgIpc) is 2.56. The second-order valence-electron chi connectivity index (χ2n) is 5.41. The summed E-state index contributed by atoms with van der Waals surface area (Å²) >= 11 is 0. The van der Waals surface area contributed by atoms with Gasteiger partial charge in [0.25, 0.3) is 0 Å². The van der Waals surface area contributed by atoms with Crippen molar-refractivity contribution in [2.24, 2.45) is 0 Å². The molecule has 0 unspecified atom stereocenters. The zero-order valence-corrected chi connectivity index (χ0v) is 13.3. The summed E-state index contributed by atoms with van der Waals surface area (Å²) < 4.78 is 5.13. The first-order valence-electron chi connectivity index (χ1n) is 7.61. The van der Waals surface area contributed by atoms with Crippen LogP contribution in [0.2, 0.25) is 0 Å². The molecule has 1 heterocycles. The SMILES string of the molecule is COCCCN(Cc1ccncc1)Cc1ccc(C(=O)O)cc1. The molecule has 122 valence electrons. The number of hydrogen-bond acceptors (Lipinski definition) is 4. The number of ether oxygens (including phenoxy) is 1. The number of carboxylic acid groups (broad SMARTS) is 1. The third-order valence-electron chi connectivity index (χ3n) is 3.59. The lowest BCUT2D eigenvalue weighted by Gasteiger charge is -2.22. The van der Waals surface area contributed by atoms with E-state index in [0.717, 1.165) is 38.2 Å². The smallest absolute Gasteiger partial charge is 0.335 e. The number of aromatic carboxylic acids is 1. The zero-order chi connectivity index (χ0) is 16.5. The number of rotatable bonds is 9. The molecule has 5 heteroatoms. The Labute approximate surface area is 136 Å². The lowest BCUT2D eigenvalue weighted by molar-refractivity contribution is 0.0697. The van der Waals surface area contributed by atoms with Crippen molar-refractivity contribution in [2.45, 2.75) is 19.5 Å². The van der Waals surface area contributed by atoms with Crippen LogP contribution in [0.4, 0.5) is 0 Å². The maximum atomic E-state index is 10.9. The Bertz CT molecular complexity index is 599.